The Balaban J connectivity index is 2.63. The van der Waals surface area contributed by atoms with Crippen molar-refractivity contribution in [1.29, 1.82) is 0 Å². The third-order valence-electron chi connectivity index (χ3n) is 2.54. The number of benzene rings is 1. The Morgan fingerprint density at radius 1 is 1.10 bits per heavy atom. The van der Waals surface area contributed by atoms with Crippen LogP contribution in [0.5, 0.6) is 0 Å². The number of hydrogen-bond donors (Lipinski definition) is 2. The molecule has 0 saturated carbocycles. The maximum Gasteiger partial charge on any atom is 0.252 e. The quantitative estimate of drug-likeness (QED) is 0.741. The molecule has 1 aromatic rings. The zero-order valence-electron chi connectivity index (χ0n) is 11.5. The molecule has 0 aliphatic carbocycles. The molecule has 0 radical (unpaired) electrons. The minimum absolute atomic E-state index is 0.0133. The van der Waals surface area contributed by atoms with E-state index in [2.05, 4.69) is 10.6 Å². The first-order chi connectivity index (χ1) is 9.32. The number of carbonyl (C=O) groups is 2. The van der Waals surface area contributed by atoms with Gasteiger partial charge in [-0.15, -0.1) is 0 Å². The molecule has 0 bridgehead atoms. The molecule has 1 aromatic carbocycles. The molecular formula is C13H18N2O4S. The van der Waals surface area contributed by atoms with Gasteiger partial charge in [-0.25, -0.2) is 8.42 Å². The first-order valence-corrected chi connectivity index (χ1v) is 8.03. The summed E-state index contributed by atoms with van der Waals surface area (Å²) in [5.41, 5.74) is 0.134. The van der Waals surface area contributed by atoms with Crippen molar-refractivity contribution in [2.45, 2.75) is 18.2 Å². The standard InChI is InChI=1S/C13H18N2O4S/c1-10(16)14-8-5-9-15-13(17)11-6-3-4-7-12(11)20(2,18)19/h3-4,6-7H,5,8-9H2,1-2H3,(H,14,16)(H,15,17). The molecule has 0 aliphatic rings. The minimum atomic E-state index is -3.44. The summed E-state index contributed by atoms with van der Waals surface area (Å²) in [6, 6.07) is 6.06. The van der Waals surface area contributed by atoms with Gasteiger partial charge >= 0.3 is 0 Å². The molecule has 0 spiro atoms. The van der Waals surface area contributed by atoms with E-state index >= 15 is 0 Å². The van der Waals surface area contributed by atoms with Gasteiger partial charge < -0.3 is 10.6 Å². The summed E-state index contributed by atoms with van der Waals surface area (Å²) in [5, 5.41) is 5.24. The van der Waals surface area contributed by atoms with Crippen molar-refractivity contribution in [2.24, 2.45) is 0 Å². The fourth-order valence-electron chi connectivity index (χ4n) is 1.63. The third-order valence-corrected chi connectivity index (χ3v) is 3.70. The summed E-state index contributed by atoms with van der Waals surface area (Å²) < 4.78 is 23.2. The largest absolute Gasteiger partial charge is 0.356 e. The number of amides is 2. The minimum Gasteiger partial charge on any atom is -0.356 e. The van der Waals surface area contributed by atoms with Crippen molar-refractivity contribution >= 4 is 21.7 Å². The first kappa shape index (κ1) is 16.2. The van der Waals surface area contributed by atoms with Crippen molar-refractivity contribution < 1.29 is 18.0 Å². The summed E-state index contributed by atoms with van der Waals surface area (Å²) >= 11 is 0. The van der Waals surface area contributed by atoms with Crippen molar-refractivity contribution in [3.8, 4) is 0 Å². The van der Waals surface area contributed by atoms with Crippen LogP contribution in [0.4, 0.5) is 0 Å². The van der Waals surface area contributed by atoms with Crippen LogP contribution in [-0.4, -0.2) is 39.6 Å². The normalized spacial score (nSPS) is 10.9. The highest BCUT2D eigenvalue weighted by Crippen LogP contribution is 2.14. The lowest BCUT2D eigenvalue weighted by atomic mass is 10.2. The smallest absolute Gasteiger partial charge is 0.252 e. The van der Waals surface area contributed by atoms with Crippen LogP contribution >= 0.6 is 0 Å². The van der Waals surface area contributed by atoms with Gasteiger partial charge in [0.15, 0.2) is 9.84 Å². The molecule has 20 heavy (non-hydrogen) atoms. The number of rotatable bonds is 6. The SMILES string of the molecule is CC(=O)NCCCNC(=O)c1ccccc1S(C)(=O)=O. The van der Waals surface area contributed by atoms with Crippen LogP contribution in [0.25, 0.3) is 0 Å². The Morgan fingerprint density at radius 2 is 1.70 bits per heavy atom. The lowest BCUT2D eigenvalue weighted by Crippen LogP contribution is -2.29. The van der Waals surface area contributed by atoms with E-state index in [0.29, 0.717) is 19.5 Å². The lowest BCUT2D eigenvalue weighted by molar-refractivity contribution is -0.118. The highest BCUT2D eigenvalue weighted by molar-refractivity contribution is 7.90. The molecule has 2 N–H and O–H groups in total. The van der Waals surface area contributed by atoms with E-state index in [-0.39, 0.29) is 16.4 Å². The lowest BCUT2D eigenvalue weighted by Gasteiger charge is -2.09. The highest BCUT2D eigenvalue weighted by Gasteiger charge is 2.17. The Hall–Kier alpha value is -1.89. The third kappa shape index (κ3) is 5.00. The summed E-state index contributed by atoms with van der Waals surface area (Å²) in [6.07, 6.45) is 1.64. The van der Waals surface area contributed by atoms with Crippen molar-refractivity contribution in [1.82, 2.24) is 10.6 Å². The Kier molecular flexibility index (Phi) is 5.69. The van der Waals surface area contributed by atoms with Gasteiger partial charge in [-0.05, 0) is 18.6 Å². The second kappa shape index (κ2) is 7.04. The maximum absolute atomic E-state index is 11.9. The summed E-state index contributed by atoms with van der Waals surface area (Å²) in [7, 11) is -3.44. The number of hydrogen-bond acceptors (Lipinski definition) is 4. The van der Waals surface area contributed by atoms with Crippen molar-refractivity contribution in [2.75, 3.05) is 19.3 Å². The number of sulfone groups is 1. The van der Waals surface area contributed by atoms with Gasteiger partial charge in [0.2, 0.25) is 5.91 Å². The van der Waals surface area contributed by atoms with E-state index in [0.717, 1.165) is 6.26 Å². The van der Waals surface area contributed by atoms with E-state index < -0.39 is 15.7 Å². The molecule has 7 heteroatoms. The van der Waals surface area contributed by atoms with E-state index in [4.69, 9.17) is 0 Å². The summed E-state index contributed by atoms with van der Waals surface area (Å²) in [6.45, 7) is 2.24. The molecule has 0 heterocycles. The van der Waals surface area contributed by atoms with Crippen LogP contribution in [-0.2, 0) is 14.6 Å². The van der Waals surface area contributed by atoms with Gasteiger partial charge in [-0.3, -0.25) is 9.59 Å². The van der Waals surface area contributed by atoms with Gasteiger partial charge in [-0.1, -0.05) is 12.1 Å². The maximum atomic E-state index is 11.9. The van der Waals surface area contributed by atoms with E-state index in [1.165, 1.54) is 19.1 Å². The molecule has 0 saturated heterocycles. The monoisotopic (exact) mass is 298 g/mol. The fourth-order valence-corrected chi connectivity index (χ4v) is 2.51. The molecule has 0 unspecified atom stereocenters. The molecule has 0 atom stereocenters. The van der Waals surface area contributed by atoms with Crippen LogP contribution in [0.15, 0.2) is 29.2 Å². The highest BCUT2D eigenvalue weighted by atomic mass is 32.2. The summed E-state index contributed by atoms with van der Waals surface area (Å²) in [5.74, 6) is -0.562. The molecular weight excluding hydrogens is 280 g/mol. The van der Waals surface area contributed by atoms with Gasteiger partial charge in [-0.2, -0.15) is 0 Å². The zero-order valence-corrected chi connectivity index (χ0v) is 12.3. The molecule has 2 amide bonds. The Bertz CT molecular complexity index is 596. The zero-order chi connectivity index (χ0) is 15.2. The summed E-state index contributed by atoms with van der Waals surface area (Å²) in [4.78, 5) is 22.6. The van der Waals surface area contributed by atoms with E-state index in [1.807, 2.05) is 0 Å². The van der Waals surface area contributed by atoms with Crippen molar-refractivity contribution in [3.05, 3.63) is 29.8 Å². The van der Waals surface area contributed by atoms with Gasteiger partial charge in [0.1, 0.15) is 0 Å². The van der Waals surface area contributed by atoms with Gasteiger partial charge in [0.25, 0.3) is 5.91 Å². The van der Waals surface area contributed by atoms with Crippen LogP contribution in [0.2, 0.25) is 0 Å². The molecule has 0 aromatic heterocycles. The average Bonchev–Trinajstić information content (AvgIpc) is 2.36. The molecule has 6 nitrogen and oxygen atoms in total. The van der Waals surface area contributed by atoms with Crippen LogP contribution in [0.3, 0.4) is 0 Å². The number of nitrogens with one attached hydrogen (secondary N) is 2. The van der Waals surface area contributed by atoms with Crippen LogP contribution in [0.1, 0.15) is 23.7 Å². The fraction of sp³-hybridized carbons (Fsp3) is 0.385. The predicted molar refractivity (Wildman–Crippen MR) is 75.2 cm³/mol. The number of carbonyl (C=O) groups excluding carboxylic acids is 2. The first-order valence-electron chi connectivity index (χ1n) is 6.14. The topological polar surface area (TPSA) is 92.3 Å². The van der Waals surface area contributed by atoms with Gasteiger partial charge in [0, 0.05) is 26.3 Å². The Labute approximate surface area is 118 Å². The van der Waals surface area contributed by atoms with Crippen LogP contribution < -0.4 is 10.6 Å². The van der Waals surface area contributed by atoms with E-state index in [1.54, 1.807) is 12.1 Å². The molecule has 0 aliphatic heterocycles. The average molecular weight is 298 g/mol. The predicted octanol–water partition coefficient (Wildman–Crippen LogP) is 0.346. The molecule has 1 rings (SSSR count). The molecule has 0 fully saturated rings. The Morgan fingerprint density at radius 3 is 2.30 bits per heavy atom. The molecule has 110 valence electrons. The second-order valence-corrected chi connectivity index (χ2v) is 6.34. The van der Waals surface area contributed by atoms with Crippen molar-refractivity contribution in [3.63, 3.8) is 0 Å². The van der Waals surface area contributed by atoms with E-state index in [9.17, 15) is 18.0 Å². The van der Waals surface area contributed by atoms with Gasteiger partial charge in [0.05, 0.1) is 10.5 Å². The second-order valence-electron chi connectivity index (χ2n) is 4.36. The van der Waals surface area contributed by atoms with Crippen LogP contribution in [0, 0.1) is 0 Å².